The third-order valence-corrected chi connectivity index (χ3v) is 4.34. The number of fused-ring (bicyclic) bond motifs is 1. The third kappa shape index (κ3) is 3.38. The maximum absolute atomic E-state index is 10.3. The van der Waals surface area contributed by atoms with Crippen molar-refractivity contribution >= 4 is 11.9 Å². The number of aliphatic hydroxyl groups is 1. The molecule has 1 saturated carbocycles. The fraction of sp³-hybridized carbons (Fsp3) is 0.647. The first-order valence-corrected chi connectivity index (χ1v) is 8.31. The van der Waals surface area contributed by atoms with Gasteiger partial charge in [0.2, 0.25) is 0 Å². The summed E-state index contributed by atoms with van der Waals surface area (Å²) in [6.07, 6.45) is 4.47. The lowest BCUT2D eigenvalue weighted by Crippen LogP contribution is -2.35. The van der Waals surface area contributed by atoms with E-state index in [9.17, 15) is 5.11 Å². The number of aromatic nitrogens is 2. The minimum atomic E-state index is -0.685. The van der Waals surface area contributed by atoms with E-state index >= 15 is 0 Å². The number of ether oxygens (including phenoxy) is 3. The van der Waals surface area contributed by atoms with Crippen molar-refractivity contribution in [3.63, 3.8) is 0 Å². The molecule has 0 amide bonds. The Balaban J connectivity index is 1.80. The molecular weight excluding hydrogens is 310 g/mol. The summed E-state index contributed by atoms with van der Waals surface area (Å²) in [6.45, 7) is 8.17. The van der Waals surface area contributed by atoms with Gasteiger partial charge in [0.25, 0.3) is 0 Å². The van der Waals surface area contributed by atoms with E-state index in [4.69, 9.17) is 14.2 Å². The van der Waals surface area contributed by atoms with Gasteiger partial charge in [0.15, 0.2) is 5.79 Å². The standard InChI is InChI=1S/C17H25N3O4/c1-5-22-7-6-11-10(2)18-9-19-16(11)20-12-8-13(21)15-14(12)23-17(3,4)24-15/h6-7,9,12-15,21H,5,8H2,1-4H3,(H,18,19,20)/b7-6+/t12-,13+,14+,15-/m1/s1. The van der Waals surface area contributed by atoms with E-state index in [0.29, 0.717) is 18.8 Å². The van der Waals surface area contributed by atoms with Gasteiger partial charge in [0.05, 0.1) is 30.7 Å². The van der Waals surface area contributed by atoms with Crippen LogP contribution in [0.25, 0.3) is 6.08 Å². The highest BCUT2D eigenvalue weighted by Crippen LogP contribution is 2.39. The number of hydrogen-bond donors (Lipinski definition) is 2. The van der Waals surface area contributed by atoms with Gasteiger partial charge < -0.3 is 24.6 Å². The van der Waals surface area contributed by atoms with Crippen molar-refractivity contribution in [1.29, 1.82) is 0 Å². The average Bonchev–Trinajstić information content (AvgIpc) is 2.97. The molecule has 3 rings (SSSR count). The van der Waals surface area contributed by atoms with E-state index in [1.807, 2.05) is 33.8 Å². The lowest BCUT2D eigenvalue weighted by Gasteiger charge is -2.24. The predicted molar refractivity (Wildman–Crippen MR) is 89.3 cm³/mol. The Labute approximate surface area is 142 Å². The molecule has 1 aromatic heterocycles. The summed E-state index contributed by atoms with van der Waals surface area (Å²) in [5, 5.41) is 13.7. The second-order valence-electron chi connectivity index (χ2n) is 6.60. The minimum absolute atomic E-state index is 0.0830. The molecular formula is C17H25N3O4. The fourth-order valence-electron chi connectivity index (χ4n) is 3.28. The van der Waals surface area contributed by atoms with Gasteiger partial charge in [-0.15, -0.1) is 0 Å². The molecule has 1 saturated heterocycles. The smallest absolute Gasteiger partial charge is 0.163 e. The van der Waals surface area contributed by atoms with Gasteiger partial charge in [0.1, 0.15) is 24.4 Å². The fourth-order valence-corrected chi connectivity index (χ4v) is 3.28. The Morgan fingerprint density at radius 1 is 1.38 bits per heavy atom. The minimum Gasteiger partial charge on any atom is -0.501 e. The first-order chi connectivity index (χ1) is 11.4. The maximum atomic E-state index is 10.3. The van der Waals surface area contributed by atoms with Crippen molar-refractivity contribution in [3.8, 4) is 0 Å². The van der Waals surface area contributed by atoms with Crippen LogP contribution in [0.15, 0.2) is 12.6 Å². The quantitative estimate of drug-likeness (QED) is 0.794. The van der Waals surface area contributed by atoms with E-state index in [0.717, 1.165) is 11.3 Å². The molecule has 2 fully saturated rings. The van der Waals surface area contributed by atoms with E-state index in [1.165, 1.54) is 6.33 Å². The van der Waals surface area contributed by atoms with Gasteiger partial charge in [-0.3, -0.25) is 0 Å². The summed E-state index contributed by atoms with van der Waals surface area (Å²) >= 11 is 0. The summed E-state index contributed by atoms with van der Waals surface area (Å²) < 4.78 is 17.1. The number of nitrogens with one attached hydrogen (secondary N) is 1. The van der Waals surface area contributed by atoms with E-state index in [2.05, 4.69) is 15.3 Å². The molecule has 1 aliphatic heterocycles. The maximum Gasteiger partial charge on any atom is 0.163 e. The highest BCUT2D eigenvalue weighted by Gasteiger charge is 2.53. The highest BCUT2D eigenvalue weighted by atomic mass is 16.8. The molecule has 24 heavy (non-hydrogen) atoms. The van der Waals surface area contributed by atoms with Crippen LogP contribution in [-0.4, -0.2) is 51.8 Å². The number of nitrogens with zero attached hydrogens (tertiary/aromatic N) is 2. The molecule has 1 aliphatic carbocycles. The van der Waals surface area contributed by atoms with Gasteiger partial charge in [-0.25, -0.2) is 9.97 Å². The van der Waals surface area contributed by atoms with Crippen molar-refractivity contribution < 1.29 is 19.3 Å². The average molecular weight is 335 g/mol. The molecule has 2 heterocycles. The van der Waals surface area contributed by atoms with Crippen LogP contribution in [0.2, 0.25) is 0 Å². The second kappa shape index (κ2) is 6.66. The molecule has 2 aliphatic rings. The number of hydrogen-bond acceptors (Lipinski definition) is 7. The Bertz CT molecular complexity index is 620. The first-order valence-electron chi connectivity index (χ1n) is 8.31. The van der Waals surface area contributed by atoms with Gasteiger partial charge in [-0.1, -0.05) is 0 Å². The van der Waals surface area contributed by atoms with Crippen LogP contribution >= 0.6 is 0 Å². The molecule has 4 atom stereocenters. The van der Waals surface area contributed by atoms with E-state index in [-0.39, 0.29) is 18.2 Å². The lowest BCUT2D eigenvalue weighted by atomic mass is 10.1. The van der Waals surface area contributed by atoms with E-state index in [1.54, 1.807) is 6.26 Å². The summed E-state index contributed by atoms with van der Waals surface area (Å²) in [4.78, 5) is 8.58. The van der Waals surface area contributed by atoms with Crippen molar-refractivity contribution in [3.05, 3.63) is 23.8 Å². The van der Waals surface area contributed by atoms with Crippen LogP contribution in [0.4, 0.5) is 5.82 Å². The molecule has 0 bridgehead atoms. The predicted octanol–water partition coefficient (Wildman–Crippen LogP) is 1.86. The number of rotatable bonds is 5. The normalized spacial score (nSPS) is 31.4. The summed E-state index contributed by atoms with van der Waals surface area (Å²) in [5.41, 5.74) is 1.71. The second-order valence-corrected chi connectivity index (χ2v) is 6.60. The summed E-state index contributed by atoms with van der Waals surface area (Å²) in [5.74, 6) is 0.0141. The lowest BCUT2D eigenvalue weighted by molar-refractivity contribution is -0.162. The Hall–Kier alpha value is -1.70. The van der Waals surface area contributed by atoms with Crippen LogP contribution < -0.4 is 5.32 Å². The highest BCUT2D eigenvalue weighted by molar-refractivity contribution is 5.64. The largest absolute Gasteiger partial charge is 0.501 e. The van der Waals surface area contributed by atoms with Crippen molar-refractivity contribution in [2.75, 3.05) is 11.9 Å². The summed E-state index contributed by atoms with van der Waals surface area (Å²) in [7, 11) is 0. The van der Waals surface area contributed by atoms with Crippen molar-refractivity contribution in [2.45, 2.75) is 64.3 Å². The monoisotopic (exact) mass is 335 g/mol. The Morgan fingerprint density at radius 2 is 2.12 bits per heavy atom. The van der Waals surface area contributed by atoms with Crippen LogP contribution in [0.5, 0.6) is 0 Å². The molecule has 0 unspecified atom stereocenters. The number of aryl methyl sites for hydroxylation is 1. The van der Waals surface area contributed by atoms with Gasteiger partial charge >= 0.3 is 0 Å². The molecule has 132 valence electrons. The van der Waals surface area contributed by atoms with Crippen LogP contribution in [0, 0.1) is 6.92 Å². The van der Waals surface area contributed by atoms with Gasteiger partial charge in [-0.05, 0) is 40.2 Å². The van der Waals surface area contributed by atoms with Gasteiger partial charge in [0, 0.05) is 5.56 Å². The van der Waals surface area contributed by atoms with Crippen LogP contribution in [-0.2, 0) is 14.2 Å². The molecule has 7 nitrogen and oxygen atoms in total. The molecule has 0 aromatic carbocycles. The third-order valence-electron chi connectivity index (χ3n) is 4.34. The van der Waals surface area contributed by atoms with Crippen LogP contribution in [0.1, 0.15) is 38.4 Å². The summed E-state index contributed by atoms with van der Waals surface area (Å²) in [6, 6.07) is -0.0830. The number of anilines is 1. The molecule has 0 spiro atoms. The zero-order valence-electron chi connectivity index (χ0n) is 14.5. The zero-order valence-corrected chi connectivity index (χ0v) is 14.5. The zero-order chi connectivity index (χ0) is 17.3. The van der Waals surface area contributed by atoms with Crippen molar-refractivity contribution in [1.82, 2.24) is 9.97 Å². The number of aliphatic hydroxyl groups excluding tert-OH is 1. The first kappa shape index (κ1) is 17.1. The van der Waals surface area contributed by atoms with Gasteiger partial charge in [-0.2, -0.15) is 0 Å². The molecule has 1 aromatic rings. The molecule has 2 N–H and O–H groups in total. The SMILES string of the molecule is CCO/C=C/c1c(C)ncnc1N[C@@H]1C[C@H](O)[C@H]2OC(C)(C)O[C@H]21. The Kier molecular flexibility index (Phi) is 4.76. The van der Waals surface area contributed by atoms with Crippen LogP contribution in [0.3, 0.4) is 0 Å². The molecule has 7 heteroatoms. The molecule has 0 radical (unpaired) electrons. The van der Waals surface area contributed by atoms with Crippen molar-refractivity contribution in [2.24, 2.45) is 0 Å². The topological polar surface area (TPSA) is 85.7 Å². The van der Waals surface area contributed by atoms with E-state index < -0.39 is 11.9 Å². The Morgan fingerprint density at radius 3 is 2.88 bits per heavy atom.